The number of imidazole rings is 1. The van der Waals surface area contributed by atoms with Gasteiger partial charge in [-0.15, -0.1) is 0 Å². The molecule has 0 aliphatic carbocycles. The third kappa shape index (κ3) is 4.95. The zero-order chi connectivity index (χ0) is 24.3. The molecule has 3 aromatic rings. The molecule has 1 aliphatic rings. The Labute approximate surface area is 197 Å². The number of nitro benzene ring substituents is 1. The second kappa shape index (κ2) is 9.90. The molecule has 1 atom stereocenters. The van der Waals surface area contributed by atoms with E-state index in [1.807, 2.05) is 0 Å². The maximum atomic E-state index is 13.5. The van der Waals surface area contributed by atoms with Gasteiger partial charge in [-0.3, -0.25) is 10.1 Å². The first-order valence-electron chi connectivity index (χ1n) is 11.0. The van der Waals surface area contributed by atoms with E-state index in [0.29, 0.717) is 24.5 Å². The van der Waals surface area contributed by atoms with Crippen molar-refractivity contribution in [2.75, 3.05) is 18.4 Å². The number of hydrogen-bond acceptors (Lipinski definition) is 6. The van der Waals surface area contributed by atoms with Gasteiger partial charge in [-0.25, -0.2) is 17.8 Å². The van der Waals surface area contributed by atoms with Gasteiger partial charge in [-0.05, 0) is 42.7 Å². The molecule has 0 radical (unpaired) electrons. The molecular weight excluding hydrogens is 461 g/mol. The summed E-state index contributed by atoms with van der Waals surface area (Å²) in [5, 5.41) is 15.1. The summed E-state index contributed by atoms with van der Waals surface area (Å²) in [5.74, 6) is 0.151. The van der Waals surface area contributed by atoms with E-state index in [9.17, 15) is 22.9 Å². The van der Waals surface area contributed by atoms with Crippen LogP contribution < -0.4 is 5.32 Å². The Kier molecular flexibility index (Phi) is 6.94. The fraction of sp³-hybridized carbons (Fsp3) is 0.348. The van der Waals surface area contributed by atoms with Crippen LogP contribution >= 0.6 is 0 Å². The normalized spacial score (nSPS) is 16.1. The summed E-state index contributed by atoms with van der Waals surface area (Å²) in [4.78, 5) is 15.6. The minimum absolute atomic E-state index is 0.109. The number of hydrogen-bond donors (Lipinski definition) is 1. The largest absolute Gasteiger partial charge is 0.366 e. The number of aryl methyl sites for hydroxylation is 1. The molecule has 9 nitrogen and oxygen atoms in total. The van der Waals surface area contributed by atoms with Crippen molar-refractivity contribution in [2.24, 2.45) is 7.05 Å². The number of rotatable bonds is 7. The van der Waals surface area contributed by atoms with Crippen LogP contribution in [0.15, 0.2) is 59.8 Å². The van der Waals surface area contributed by atoms with Crippen molar-refractivity contribution < 1.29 is 17.7 Å². The van der Waals surface area contributed by atoms with Gasteiger partial charge in [0.05, 0.1) is 9.82 Å². The van der Waals surface area contributed by atoms with E-state index in [1.54, 1.807) is 36.1 Å². The van der Waals surface area contributed by atoms with Gasteiger partial charge in [0.25, 0.3) is 5.69 Å². The summed E-state index contributed by atoms with van der Waals surface area (Å²) in [6, 6.07) is 9.02. The first kappa shape index (κ1) is 23.8. The highest BCUT2D eigenvalue weighted by Crippen LogP contribution is 2.34. The molecule has 1 N–H and O–H groups in total. The van der Waals surface area contributed by atoms with E-state index in [0.717, 1.165) is 31.7 Å². The lowest BCUT2D eigenvalue weighted by atomic mass is 10.1. The van der Waals surface area contributed by atoms with Crippen molar-refractivity contribution in [1.29, 1.82) is 0 Å². The number of nitro groups is 1. The molecule has 4 rings (SSSR count). The summed E-state index contributed by atoms with van der Waals surface area (Å²) in [7, 11) is -2.07. The summed E-state index contributed by atoms with van der Waals surface area (Å²) in [6.45, 7) is 0.809. The highest BCUT2D eigenvalue weighted by molar-refractivity contribution is 7.89. The van der Waals surface area contributed by atoms with E-state index in [4.69, 9.17) is 0 Å². The van der Waals surface area contributed by atoms with Gasteiger partial charge in [-0.1, -0.05) is 25.0 Å². The topological polar surface area (TPSA) is 110 Å². The smallest absolute Gasteiger partial charge is 0.293 e. The Morgan fingerprint density at radius 2 is 1.76 bits per heavy atom. The van der Waals surface area contributed by atoms with Crippen LogP contribution in [0.25, 0.3) is 0 Å². The minimum Gasteiger partial charge on any atom is -0.366 e. The third-order valence-corrected chi connectivity index (χ3v) is 7.88. The SMILES string of the molecule is Cn1ccnc1C(Nc1ccc(S(=O)(=O)N2CCCCCC2)cc1[N+](=O)[O-])c1ccc(F)cc1. The quantitative estimate of drug-likeness (QED) is 0.394. The Morgan fingerprint density at radius 1 is 1.09 bits per heavy atom. The van der Waals surface area contributed by atoms with Crippen molar-refractivity contribution >= 4 is 21.4 Å². The fourth-order valence-corrected chi connectivity index (χ4v) is 5.68. The van der Waals surface area contributed by atoms with Crippen LogP contribution in [0.3, 0.4) is 0 Å². The van der Waals surface area contributed by atoms with E-state index in [1.165, 1.54) is 28.6 Å². The second-order valence-corrected chi connectivity index (χ2v) is 10.2. The van der Waals surface area contributed by atoms with Gasteiger partial charge in [0.1, 0.15) is 23.4 Å². The lowest BCUT2D eigenvalue weighted by Gasteiger charge is -2.22. The molecule has 1 unspecified atom stereocenters. The fourth-order valence-electron chi connectivity index (χ4n) is 4.14. The van der Waals surface area contributed by atoms with Crippen LogP contribution in [0, 0.1) is 15.9 Å². The predicted octanol–water partition coefficient (Wildman–Crippen LogP) is 4.23. The third-order valence-electron chi connectivity index (χ3n) is 5.99. The standard InChI is InChI=1S/C23H26FN5O4S/c1-27-15-12-25-23(27)22(17-6-8-18(24)9-7-17)26-20-11-10-19(16-21(20)29(30)31)34(32,33)28-13-4-2-3-5-14-28/h6-12,15-16,22,26H,2-5,13-14H2,1H3. The molecular formula is C23H26FN5O4S. The molecule has 1 aliphatic heterocycles. The molecule has 2 aromatic carbocycles. The molecule has 0 amide bonds. The van der Waals surface area contributed by atoms with Gasteiger partial charge in [0.15, 0.2) is 0 Å². The number of benzene rings is 2. The number of halogens is 1. The first-order chi connectivity index (χ1) is 16.3. The molecule has 1 aromatic heterocycles. The van der Waals surface area contributed by atoms with Crippen LogP contribution in [0.1, 0.15) is 43.1 Å². The highest BCUT2D eigenvalue weighted by Gasteiger charge is 2.29. The molecule has 1 fully saturated rings. The second-order valence-electron chi connectivity index (χ2n) is 8.28. The van der Waals surface area contributed by atoms with Crippen molar-refractivity contribution in [3.63, 3.8) is 0 Å². The van der Waals surface area contributed by atoms with Crippen molar-refractivity contribution in [1.82, 2.24) is 13.9 Å². The van der Waals surface area contributed by atoms with Gasteiger partial charge in [0, 0.05) is 38.6 Å². The summed E-state index contributed by atoms with van der Waals surface area (Å²) >= 11 is 0. The van der Waals surface area contributed by atoms with Crippen LogP contribution in [-0.4, -0.2) is 40.3 Å². The molecule has 0 saturated carbocycles. The van der Waals surface area contributed by atoms with E-state index in [-0.39, 0.29) is 16.3 Å². The van der Waals surface area contributed by atoms with Crippen LogP contribution in [0.2, 0.25) is 0 Å². The van der Waals surface area contributed by atoms with Crippen LogP contribution in [0.5, 0.6) is 0 Å². The average Bonchev–Trinajstić information content (AvgIpc) is 3.05. The Bertz CT molecular complexity index is 1270. The van der Waals surface area contributed by atoms with Gasteiger partial charge >= 0.3 is 0 Å². The Balaban J connectivity index is 1.72. The summed E-state index contributed by atoms with van der Waals surface area (Å²) in [6.07, 6.45) is 6.80. The van der Waals surface area contributed by atoms with E-state index >= 15 is 0 Å². The van der Waals surface area contributed by atoms with E-state index < -0.39 is 26.8 Å². The molecule has 0 spiro atoms. The lowest BCUT2D eigenvalue weighted by Crippen LogP contribution is -2.32. The summed E-state index contributed by atoms with van der Waals surface area (Å²) < 4.78 is 43.0. The Hall–Kier alpha value is -3.31. The van der Waals surface area contributed by atoms with Crippen LogP contribution in [0.4, 0.5) is 15.8 Å². The van der Waals surface area contributed by atoms with Gasteiger partial charge < -0.3 is 9.88 Å². The molecule has 180 valence electrons. The maximum Gasteiger partial charge on any atom is 0.293 e. The van der Waals surface area contributed by atoms with Crippen molar-refractivity contribution in [2.45, 2.75) is 36.6 Å². The number of aromatic nitrogens is 2. The molecule has 1 saturated heterocycles. The Morgan fingerprint density at radius 3 is 2.35 bits per heavy atom. The number of sulfonamides is 1. The molecule has 2 heterocycles. The molecule has 0 bridgehead atoms. The van der Waals surface area contributed by atoms with E-state index in [2.05, 4.69) is 10.3 Å². The van der Waals surface area contributed by atoms with Crippen LogP contribution in [-0.2, 0) is 17.1 Å². The van der Waals surface area contributed by atoms with Crippen molar-refractivity contribution in [3.8, 4) is 0 Å². The van der Waals surface area contributed by atoms with Gasteiger partial charge in [-0.2, -0.15) is 4.31 Å². The zero-order valence-corrected chi connectivity index (χ0v) is 19.5. The number of nitrogens with one attached hydrogen (secondary N) is 1. The number of anilines is 1. The monoisotopic (exact) mass is 487 g/mol. The lowest BCUT2D eigenvalue weighted by molar-refractivity contribution is -0.384. The first-order valence-corrected chi connectivity index (χ1v) is 12.5. The average molecular weight is 488 g/mol. The predicted molar refractivity (Wildman–Crippen MR) is 125 cm³/mol. The molecule has 11 heteroatoms. The van der Waals surface area contributed by atoms with Crippen molar-refractivity contribution in [3.05, 3.63) is 82.2 Å². The minimum atomic E-state index is -3.85. The van der Waals surface area contributed by atoms with Gasteiger partial charge in [0.2, 0.25) is 10.0 Å². The number of nitrogens with zero attached hydrogens (tertiary/aromatic N) is 4. The highest BCUT2D eigenvalue weighted by atomic mass is 32.2. The molecule has 34 heavy (non-hydrogen) atoms. The zero-order valence-electron chi connectivity index (χ0n) is 18.7. The maximum absolute atomic E-state index is 13.5. The summed E-state index contributed by atoms with van der Waals surface area (Å²) in [5.41, 5.74) is 0.417.